The van der Waals surface area contributed by atoms with Crippen LogP contribution in [-0.2, 0) is 11.3 Å². The second-order valence-corrected chi connectivity index (χ2v) is 7.49. The first-order valence-electron chi connectivity index (χ1n) is 10.4. The fraction of sp³-hybridized carbons (Fsp3) is 0.333. The predicted molar refractivity (Wildman–Crippen MR) is 118 cm³/mol. The molecule has 0 aliphatic carbocycles. The minimum atomic E-state index is -0.167. The molecule has 1 atom stereocenters. The van der Waals surface area contributed by atoms with Crippen LogP contribution >= 0.6 is 0 Å². The second kappa shape index (κ2) is 9.66. The van der Waals surface area contributed by atoms with Gasteiger partial charge in [0.25, 0.3) is 5.91 Å². The maximum atomic E-state index is 13.1. The van der Waals surface area contributed by atoms with Crippen LogP contribution in [0.1, 0.15) is 28.8 Å². The van der Waals surface area contributed by atoms with Crippen LogP contribution in [0.4, 0.5) is 0 Å². The molecule has 3 aromatic rings. The quantitative estimate of drug-likeness (QED) is 0.602. The number of hydrogen-bond acceptors (Lipinski definition) is 5. The number of benzene rings is 2. The Hall–Kier alpha value is -3.32. The van der Waals surface area contributed by atoms with Gasteiger partial charge < -0.3 is 19.5 Å². The topological polar surface area (TPSA) is 74.6 Å². The highest BCUT2D eigenvalue weighted by Crippen LogP contribution is 2.33. The third-order valence-corrected chi connectivity index (χ3v) is 5.36. The number of amides is 1. The van der Waals surface area contributed by atoms with Gasteiger partial charge in [0.15, 0.2) is 11.5 Å². The third kappa shape index (κ3) is 4.88. The molecule has 31 heavy (non-hydrogen) atoms. The van der Waals surface area contributed by atoms with Gasteiger partial charge in [0.05, 0.1) is 32.4 Å². The maximum absolute atomic E-state index is 13.1. The highest BCUT2D eigenvalue weighted by atomic mass is 16.5. The molecular weight excluding hydrogens is 394 g/mol. The zero-order chi connectivity index (χ0) is 21.6. The van der Waals surface area contributed by atoms with Crippen molar-refractivity contribution in [2.24, 2.45) is 0 Å². The summed E-state index contributed by atoms with van der Waals surface area (Å²) in [6.45, 7) is 1.82. The molecule has 0 spiro atoms. The number of carbonyl (C=O) groups excluding carboxylic acids is 1. The van der Waals surface area contributed by atoms with E-state index in [1.165, 1.54) is 0 Å². The number of hydrogen-bond donors (Lipinski definition) is 1. The van der Waals surface area contributed by atoms with Gasteiger partial charge in [-0.1, -0.05) is 30.3 Å². The Morgan fingerprint density at radius 3 is 2.68 bits per heavy atom. The Morgan fingerprint density at radius 1 is 1.16 bits per heavy atom. The lowest BCUT2D eigenvalue weighted by Gasteiger charge is -2.11. The third-order valence-electron chi connectivity index (χ3n) is 5.36. The van der Waals surface area contributed by atoms with E-state index in [9.17, 15) is 4.79 Å². The number of aromatic nitrogens is 2. The summed E-state index contributed by atoms with van der Waals surface area (Å²) in [5, 5.41) is 7.74. The van der Waals surface area contributed by atoms with Crippen molar-refractivity contribution in [3.8, 4) is 22.8 Å². The van der Waals surface area contributed by atoms with Gasteiger partial charge in [-0.2, -0.15) is 5.10 Å². The van der Waals surface area contributed by atoms with Crippen molar-refractivity contribution in [1.82, 2.24) is 15.1 Å². The normalized spacial score (nSPS) is 15.6. The lowest BCUT2D eigenvalue weighted by Crippen LogP contribution is -2.31. The first-order valence-corrected chi connectivity index (χ1v) is 10.4. The standard InChI is InChI=1S/C24H27N3O4/c1-29-21-11-10-18(13-22(21)30-2)23-20(24(28)25-14-19-9-6-12-31-19)16-27(26-23)15-17-7-4-3-5-8-17/h3-5,7-8,10-11,13,16,19H,6,9,12,14-15H2,1-2H3,(H,25,28). The Balaban J connectivity index is 1.65. The largest absolute Gasteiger partial charge is 0.493 e. The number of nitrogens with one attached hydrogen (secondary N) is 1. The number of nitrogens with zero attached hydrogens (tertiary/aromatic N) is 2. The first kappa shape index (κ1) is 20.9. The highest BCUT2D eigenvalue weighted by molar-refractivity contribution is 6.00. The molecule has 2 aromatic carbocycles. The molecule has 162 valence electrons. The zero-order valence-corrected chi connectivity index (χ0v) is 17.8. The molecule has 1 N–H and O–H groups in total. The Kier molecular flexibility index (Phi) is 6.52. The van der Waals surface area contributed by atoms with E-state index >= 15 is 0 Å². The second-order valence-electron chi connectivity index (χ2n) is 7.49. The van der Waals surface area contributed by atoms with E-state index in [2.05, 4.69) is 5.32 Å². The van der Waals surface area contributed by atoms with Crippen molar-refractivity contribution in [2.75, 3.05) is 27.4 Å². The molecule has 1 amide bonds. The summed E-state index contributed by atoms with van der Waals surface area (Å²) >= 11 is 0. The monoisotopic (exact) mass is 421 g/mol. The van der Waals surface area contributed by atoms with Crippen LogP contribution in [-0.4, -0.2) is 49.2 Å². The van der Waals surface area contributed by atoms with Crippen LogP contribution in [0.3, 0.4) is 0 Å². The van der Waals surface area contributed by atoms with E-state index in [0.717, 1.165) is 30.6 Å². The van der Waals surface area contributed by atoms with Crippen LogP contribution < -0.4 is 14.8 Å². The van der Waals surface area contributed by atoms with E-state index in [1.54, 1.807) is 25.1 Å². The molecule has 0 saturated carbocycles. The summed E-state index contributed by atoms with van der Waals surface area (Å²) in [6, 6.07) is 15.6. The van der Waals surface area contributed by atoms with Gasteiger partial charge in [0.2, 0.25) is 0 Å². The minimum Gasteiger partial charge on any atom is -0.493 e. The lowest BCUT2D eigenvalue weighted by molar-refractivity contribution is 0.0858. The molecule has 2 heterocycles. The van der Waals surface area contributed by atoms with Crippen molar-refractivity contribution in [3.63, 3.8) is 0 Å². The average Bonchev–Trinajstić information content (AvgIpc) is 3.48. The Labute approximate surface area is 181 Å². The average molecular weight is 421 g/mol. The summed E-state index contributed by atoms with van der Waals surface area (Å²) < 4.78 is 18.2. The Morgan fingerprint density at radius 2 is 1.97 bits per heavy atom. The van der Waals surface area contributed by atoms with Gasteiger partial charge >= 0.3 is 0 Å². The summed E-state index contributed by atoms with van der Waals surface area (Å²) in [5.41, 5.74) is 3.00. The molecular formula is C24H27N3O4. The van der Waals surface area contributed by atoms with Crippen molar-refractivity contribution in [1.29, 1.82) is 0 Å². The number of carbonyl (C=O) groups is 1. The van der Waals surface area contributed by atoms with Crippen molar-refractivity contribution in [2.45, 2.75) is 25.5 Å². The van der Waals surface area contributed by atoms with E-state index in [4.69, 9.17) is 19.3 Å². The van der Waals surface area contributed by atoms with E-state index in [0.29, 0.717) is 35.8 Å². The van der Waals surface area contributed by atoms with Gasteiger partial charge in [0, 0.05) is 24.9 Å². The van der Waals surface area contributed by atoms with Gasteiger partial charge in [-0.3, -0.25) is 9.48 Å². The molecule has 0 bridgehead atoms. The van der Waals surface area contributed by atoms with Gasteiger partial charge in [-0.15, -0.1) is 0 Å². The van der Waals surface area contributed by atoms with E-state index in [-0.39, 0.29) is 12.0 Å². The predicted octanol–water partition coefficient (Wildman–Crippen LogP) is 3.52. The lowest BCUT2D eigenvalue weighted by atomic mass is 10.1. The molecule has 1 aliphatic rings. The van der Waals surface area contributed by atoms with Gasteiger partial charge in [0.1, 0.15) is 5.69 Å². The number of methoxy groups -OCH3 is 2. The summed E-state index contributed by atoms with van der Waals surface area (Å²) in [4.78, 5) is 13.1. The SMILES string of the molecule is COc1ccc(-c2nn(Cc3ccccc3)cc2C(=O)NCC2CCCO2)cc1OC. The van der Waals surface area contributed by atoms with Crippen LogP contribution in [0.25, 0.3) is 11.3 Å². The van der Waals surface area contributed by atoms with Crippen LogP contribution in [0, 0.1) is 0 Å². The maximum Gasteiger partial charge on any atom is 0.255 e. The van der Waals surface area contributed by atoms with Crippen molar-refractivity contribution < 1.29 is 19.0 Å². The molecule has 4 rings (SSSR count). The fourth-order valence-corrected chi connectivity index (χ4v) is 3.74. The van der Waals surface area contributed by atoms with Crippen molar-refractivity contribution >= 4 is 5.91 Å². The molecule has 1 aliphatic heterocycles. The number of ether oxygens (including phenoxy) is 3. The zero-order valence-electron chi connectivity index (χ0n) is 17.8. The van der Waals surface area contributed by atoms with E-state index < -0.39 is 0 Å². The molecule has 1 fully saturated rings. The smallest absolute Gasteiger partial charge is 0.255 e. The summed E-state index contributed by atoms with van der Waals surface area (Å²) in [5.74, 6) is 1.04. The van der Waals surface area contributed by atoms with Gasteiger partial charge in [-0.25, -0.2) is 0 Å². The molecule has 1 saturated heterocycles. The highest BCUT2D eigenvalue weighted by Gasteiger charge is 2.22. The molecule has 0 radical (unpaired) electrons. The molecule has 7 nitrogen and oxygen atoms in total. The fourth-order valence-electron chi connectivity index (χ4n) is 3.74. The van der Waals surface area contributed by atoms with Crippen LogP contribution in [0.2, 0.25) is 0 Å². The van der Waals surface area contributed by atoms with E-state index in [1.807, 2.05) is 48.5 Å². The summed E-state index contributed by atoms with van der Waals surface area (Å²) in [7, 11) is 3.18. The van der Waals surface area contributed by atoms with Gasteiger partial charge in [-0.05, 0) is 36.6 Å². The van der Waals surface area contributed by atoms with Crippen molar-refractivity contribution in [3.05, 3.63) is 65.9 Å². The van der Waals surface area contributed by atoms with Crippen LogP contribution in [0.15, 0.2) is 54.7 Å². The molecule has 1 aromatic heterocycles. The van der Waals surface area contributed by atoms with Crippen LogP contribution in [0.5, 0.6) is 11.5 Å². The first-order chi connectivity index (χ1) is 15.2. The number of rotatable bonds is 8. The molecule has 1 unspecified atom stereocenters. The molecule has 7 heteroatoms. The minimum absolute atomic E-state index is 0.0767. The Bertz CT molecular complexity index is 1030. The summed E-state index contributed by atoms with van der Waals surface area (Å²) in [6.07, 6.45) is 3.87.